The van der Waals surface area contributed by atoms with Gasteiger partial charge in [-0.2, -0.15) is 0 Å². The largest absolute Gasteiger partial charge is 0.445 e. The standard InChI is InChI=1S/C24H27ClFN3O5.C16H21ClFN3O3.2CH4.CH3.Pd/c1-24(2,3)34-23(32)29-12-11-28(22(31)33-15-16-7-5-4-6-8-16)14-20(29)21(30)27-17-9-10-18(25)19(26)13-17;1-16(2,3)24-15(23)21-7-6-19-9-13(21)14(22)20-10-4-5-11(17)12(18)8-10;;;;/h4-10,13,20H,11-12,14-15H2,1-3H3,(H,27,30);4-5,8,13,19H,6-7,9H2,1-3H3,(H,20,22);2*1H4;1H3;/q;;;;-1;. The summed E-state index contributed by atoms with van der Waals surface area (Å²) in [5, 5.41) is 8.13. The average molecular weight is 1000 g/mol. The van der Waals surface area contributed by atoms with Crippen molar-refractivity contribution in [2.45, 2.75) is 86.3 Å². The van der Waals surface area contributed by atoms with Crippen molar-refractivity contribution in [2.75, 3.05) is 49.9 Å². The van der Waals surface area contributed by atoms with Crippen molar-refractivity contribution in [1.82, 2.24) is 20.0 Å². The van der Waals surface area contributed by atoms with Crippen LogP contribution in [-0.4, -0.2) is 107 Å². The Morgan fingerprint density at radius 1 is 0.710 bits per heavy atom. The molecule has 2 fully saturated rings. The van der Waals surface area contributed by atoms with Crippen LogP contribution in [0.3, 0.4) is 0 Å². The summed E-state index contributed by atoms with van der Waals surface area (Å²) < 4.78 is 43.5. The van der Waals surface area contributed by atoms with E-state index in [0.29, 0.717) is 19.6 Å². The summed E-state index contributed by atoms with van der Waals surface area (Å²) in [6, 6.07) is 15.2. The maximum atomic E-state index is 13.8. The van der Waals surface area contributed by atoms with E-state index in [2.05, 4.69) is 16.0 Å². The van der Waals surface area contributed by atoms with Gasteiger partial charge in [0.05, 0.1) is 16.6 Å². The molecule has 3 aromatic carbocycles. The first kappa shape index (κ1) is 57.5. The Morgan fingerprint density at radius 2 is 1.18 bits per heavy atom. The molecule has 2 heterocycles. The molecule has 2 atom stereocenters. The van der Waals surface area contributed by atoms with Crippen LogP contribution in [0.2, 0.25) is 10.0 Å². The summed E-state index contributed by atoms with van der Waals surface area (Å²) in [7, 11) is 0. The minimum Gasteiger partial charge on any atom is -0.445 e. The second-order valence-electron chi connectivity index (χ2n) is 15.3. The van der Waals surface area contributed by atoms with Crippen LogP contribution in [-0.2, 0) is 50.8 Å². The molecular weight excluding hydrogens is 944 g/mol. The van der Waals surface area contributed by atoms with E-state index in [1.807, 2.05) is 30.3 Å². The molecule has 14 nitrogen and oxygen atoms in total. The number of nitrogens with zero attached hydrogens (tertiary/aromatic N) is 3. The Kier molecular flexibility index (Phi) is 23.7. The van der Waals surface area contributed by atoms with Crippen LogP contribution < -0.4 is 16.0 Å². The zero-order valence-electron chi connectivity index (χ0n) is 34.4. The molecule has 62 heavy (non-hydrogen) atoms. The van der Waals surface area contributed by atoms with Gasteiger partial charge in [0.1, 0.15) is 41.5 Å². The Labute approximate surface area is 387 Å². The fourth-order valence-corrected chi connectivity index (χ4v) is 5.83. The van der Waals surface area contributed by atoms with Gasteiger partial charge < -0.3 is 42.5 Å². The number of halogens is 4. The molecule has 2 aliphatic rings. The zero-order chi connectivity index (χ0) is 42.8. The summed E-state index contributed by atoms with van der Waals surface area (Å²) in [5.41, 5.74) is -0.162. The van der Waals surface area contributed by atoms with Gasteiger partial charge in [-0.25, -0.2) is 23.2 Å². The smallest absolute Gasteiger partial charge is 0.411 e. The van der Waals surface area contributed by atoms with Crippen LogP contribution in [0.15, 0.2) is 66.7 Å². The second kappa shape index (κ2) is 25.5. The van der Waals surface area contributed by atoms with E-state index in [-0.39, 0.29) is 90.4 Å². The Bertz CT molecular complexity index is 1960. The second-order valence-corrected chi connectivity index (χ2v) is 16.1. The van der Waals surface area contributed by atoms with Gasteiger partial charge in [0.25, 0.3) is 0 Å². The van der Waals surface area contributed by atoms with Crippen molar-refractivity contribution in [3.05, 3.63) is 101 Å². The van der Waals surface area contributed by atoms with Crippen LogP contribution in [0, 0.1) is 19.1 Å². The Balaban J connectivity index is 0.00000119. The molecule has 0 spiro atoms. The molecule has 19 heteroatoms. The van der Waals surface area contributed by atoms with E-state index in [1.54, 1.807) is 41.5 Å². The molecule has 0 aliphatic carbocycles. The van der Waals surface area contributed by atoms with Gasteiger partial charge >= 0.3 is 18.3 Å². The molecule has 3 N–H and O–H groups in total. The third-order valence-electron chi connectivity index (χ3n) is 8.32. The summed E-state index contributed by atoms with van der Waals surface area (Å²) in [5.74, 6) is -2.35. The summed E-state index contributed by atoms with van der Waals surface area (Å²) >= 11 is 11.3. The van der Waals surface area contributed by atoms with Crippen molar-refractivity contribution < 1.29 is 67.4 Å². The van der Waals surface area contributed by atoms with Gasteiger partial charge in [-0.15, -0.1) is 0 Å². The van der Waals surface area contributed by atoms with Gasteiger partial charge in [0.15, 0.2) is 0 Å². The monoisotopic (exact) mass is 1000 g/mol. The molecule has 2 unspecified atom stereocenters. The number of anilines is 2. The molecule has 3 aromatic rings. The number of carbonyl (C=O) groups excluding carboxylic acids is 5. The van der Waals surface area contributed by atoms with Crippen molar-refractivity contribution in [1.29, 1.82) is 0 Å². The predicted molar refractivity (Wildman–Crippen MR) is 234 cm³/mol. The molecule has 0 aromatic heterocycles. The van der Waals surface area contributed by atoms with Crippen LogP contribution in [0.25, 0.3) is 0 Å². The number of carbonyl (C=O) groups is 5. The number of rotatable bonds is 6. The fourth-order valence-electron chi connectivity index (χ4n) is 5.60. The molecule has 0 radical (unpaired) electrons. The van der Waals surface area contributed by atoms with E-state index in [1.165, 1.54) is 39.0 Å². The SMILES string of the molecule is C.C.CC(C)(C)OC(=O)N1CCN(C(=O)OCc2ccccc2)CC1C(=O)Nc1ccc(Cl)c(F)c1.CC(C)(C)OC(=O)N1CCNCC1C(=O)Nc1ccc(Cl)c(F)c1.[CH3-].[Pd]. The third-order valence-corrected chi connectivity index (χ3v) is 8.94. The van der Waals surface area contributed by atoms with Crippen molar-refractivity contribution >= 4 is 64.7 Å². The van der Waals surface area contributed by atoms with Gasteiger partial charge in [0, 0.05) is 64.5 Å². The van der Waals surface area contributed by atoms with Crippen LogP contribution >= 0.6 is 23.2 Å². The van der Waals surface area contributed by atoms with Gasteiger partial charge in [-0.1, -0.05) is 68.4 Å². The number of piperazine rings is 2. The average Bonchev–Trinajstić information content (AvgIpc) is 3.16. The Morgan fingerprint density at radius 3 is 1.65 bits per heavy atom. The number of hydrogen-bond donors (Lipinski definition) is 3. The van der Waals surface area contributed by atoms with E-state index >= 15 is 0 Å². The van der Waals surface area contributed by atoms with Gasteiger partial charge in [-0.05, 0) is 83.5 Å². The first-order chi connectivity index (χ1) is 27.2. The zero-order valence-corrected chi connectivity index (χ0v) is 37.5. The molecule has 5 amide bonds. The number of ether oxygens (including phenoxy) is 3. The van der Waals surface area contributed by atoms with Crippen molar-refractivity contribution in [2.24, 2.45) is 0 Å². The van der Waals surface area contributed by atoms with Crippen molar-refractivity contribution in [3.63, 3.8) is 0 Å². The number of amides is 5. The van der Waals surface area contributed by atoms with E-state index in [4.69, 9.17) is 37.4 Å². The first-order valence-corrected chi connectivity index (χ1v) is 19.1. The van der Waals surface area contributed by atoms with Crippen LogP contribution in [0.1, 0.15) is 62.0 Å². The summed E-state index contributed by atoms with van der Waals surface area (Å²) in [4.78, 5) is 67.3. The van der Waals surface area contributed by atoms with E-state index < -0.39 is 65.0 Å². The fraction of sp³-hybridized carbons (Fsp3) is 0.442. The minimum absolute atomic E-state index is 0. The molecular formula is C43H59Cl2F2N6O8Pd-. The van der Waals surface area contributed by atoms with E-state index in [9.17, 15) is 32.8 Å². The maximum absolute atomic E-state index is 13.8. The minimum atomic E-state index is -1.08. The molecule has 0 saturated carbocycles. The molecule has 2 aliphatic heterocycles. The molecule has 2 saturated heterocycles. The summed E-state index contributed by atoms with van der Waals surface area (Å²) in [6.07, 6.45) is -1.85. The van der Waals surface area contributed by atoms with Gasteiger partial charge in [-0.3, -0.25) is 19.4 Å². The predicted octanol–water partition coefficient (Wildman–Crippen LogP) is 9.02. The Hall–Kier alpha value is -4.53. The molecule has 5 rings (SSSR count). The molecule has 0 bridgehead atoms. The number of nitrogens with one attached hydrogen (secondary N) is 3. The number of benzene rings is 3. The topological polar surface area (TPSA) is 159 Å². The van der Waals surface area contributed by atoms with Gasteiger partial charge in [0.2, 0.25) is 11.8 Å². The normalized spacial score (nSPS) is 15.9. The third kappa shape index (κ3) is 17.7. The summed E-state index contributed by atoms with van der Waals surface area (Å²) in [6.45, 7) is 11.8. The van der Waals surface area contributed by atoms with Crippen molar-refractivity contribution in [3.8, 4) is 0 Å². The maximum Gasteiger partial charge on any atom is 0.411 e. The van der Waals surface area contributed by atoms with E-state index in [0.717, 1.165) is 17.7 Å². The quantitative estimate of drug-likeness (QED) is 0.125. The first-order valence-electron chi connectivity index (χ1n) is 18.4. The van der Waals surface area contributed by atoms with Crippen LogP contribution in [0.5, 0.6) is 0 Å². The molecule has 348 valence electrons. The van der Waals surface area contributed by atoms with Crippen LogP contribution in [0.4, 0.5) is 34.5 Å². The number of hydrogen-bond acceptors (Lipinski definition) is 9.